The molecule has 0 aromatic heterocycles. The summed E-state index contributed by atoms with van der Waals surface area (Å²) in [5.41, 5.74) is 0.0472. The van der Waals surface area contributed by atoms with Gasteiger partial charge in [-0.2, -0.15) is 10.5 Å². The average Bonchev–Trinajstić information content (AvgIpc) is 2.23. The van der Waals surface area contributed by atoms with E-state index in [1.807, 2.05) is 0 Å². The summed E-state index contributed by atoms with van der Waals surface area (Å²) in [6.07, 6.45) is -0.0239. The second kappa shape index (κ2) is 4.74. The molecule has 0 N–H and O–H groups in total. The third kappa shape index (κ3) is 2.53. The van der Waals surface area contributed by atoms with Crippen LogP contribution in [0.25, 0.3) is 0 Å². The third-order valence-electron chi connectivity index (χ3n) is 1.57. The Kier molecular flexibility index (Phi) is 3.38. The van der Waals surface area contributed by atoms with Gasteiger partial charge in [-0.25, -0.2) is 8.78 Å². The molecule has 72 valence electrons. The molecule has 2 nitrogen and oxygen atoms in total. The number of hydrogen-bond acceptors (Lipinski definition) is 2. The average molecular weight is 202 g/mol. The first kappa shape index (κ1) is 10.7. The summed E-state index contributed by atoms with van der Waals surface area (Å²) < 4.78 is 25.5. The predicted octanol–water partition coefficient (Wildman–Crippen LogP) is 2.10. The fourth-order valence-corrected chi connectivity index (χ4v) is 0.922. The molecule has 0 spiro atoms. The molecule has 0 atom stereocenters. The molecule has 1 aromatic rings. The van der Waals surface area contributed by atoms with E-state index in [0.717, 1.165) is 12.1 Å². The van der Waals surface area contributed by atoms with Gasteiger partial charge < -0.3 is 0 Å². The van der Waals surface area contributed by atoms with Crippen LogP contribution >= 0.6 is 0 Å². The molecular weight excluding hydrogens is 198 g/mol. The summed E-state index contributed by atoms with van der Waals surface area (Å²) in [5.74, 6) is 2.71. The summed E-state index contributed by atoms with van der Waals surface area (Å²) in [4.78, 5) is 0. The van der Waals surface area contributed by atoms with Crippen LogP contribution in [0.5, 0.6) is 0 Å². The maximum atomic E-state index is 12.8. The van der Waals surface area contributed by atoms with Crippen LogP contribution in [0.2, 0.25) is 0 Å². The number of rotatable bonds is 0. The number of halogens is 2. The van der Waals surface area contributed by atoms with Crippen LogP contribution in [0.4, 0.5) is 8.78 Å². The van der Waals surface area contributed by atoms with E-state index in [4.69, 9.17) is 10.5 Å². The molecule has 0 radical (unpaired) electrons. The maximum Gasteiger partial charge on any atom is 0.160 e. The molecule has 0 aliphatic carbocycles. The van der Waals surface area contributed by atoms with Crippen LogP contribution in [-0.2, 0) is 0 Å². The Morgan fingerprint density at radius 1 is 1.07 bits per heavy atom. The zero-order valence-corrected chi connectivity index (χ0v) is 7.51. The minimum absolute atomic E-state index is 0.0239. The van der Waals surface area contributed by atoms with Gasteiger partial charge in [-0.1, -0.05) is 11.8 Å². The van der Waals surface area contributed by atoms with Gasteiger partial charge in [0.25, 0.3) is 0 Å². The molecule has 0 saturated carbocycles. The number of benzene rings is 1. The van der Waals surface area contributed by atoms with Gasteiger partial charge in [0.2, 0.25) is 0 Å². The van der Waals surface area contributed by atoms with Crippen LogP contribution in [0.15, 0.2) is 12.1 Å². The lowest BCUT2D eigenvalue weighted by Crippen LogP contribution is -1.91. The van der Waals surface area contributed by atoms with Crippen molar-refractivity contribution in [2.75, 3.05) is 0 Å². The van der Waals surface area contributed by atoms with Gasteiger partial charge in [0, 0.05) is 5.56 Å². The standard InChI is InChI=1S/C11H4F2N2/c12-10-5-8(3-1-2-4-14)9(7-15)6-11(10)13/h5-6H,2H2. The van der Waals surface area contributed by atoms with E-state index in [9.17, 15) is 8.78 Å². The van der Waals surface area contributed by atoms with E-state index in [1.165, 1.54) is 0 Å². The highest BCUT2D eigenvalue weighted by Gasteiger charge is 2.07. The number of nitriles is 2. The Labute approximate surface area is 85.4 Å². The molecule has 0 heterocycles. The minimum atomic E-state index is -1.09. The number of nitrogens with zero attached hydrogens (tertiary/aromatic N) is 2. The molecule has 0 aliphatic rings. The van der Waals surface area contributed by atoms with Crippen LogP contribution in [-0.4, -0.2) is 0 Å². The molecule has 0 saturated heterocycles. The van der Waals surface area contributed by atoms with Crippen molar-refractivity contribution >= 4 is 0 Å². The highest BCUT2D eigenvalue weighted by molar-refractivity contribution is 5.48. The lowest BCUT2D eigenvalue weighted by Gasteiger charge is -1.96. The highest BCUT2D eigenvalue weighted by atomic mass is 19.2. The largest absolute Gasteiger partial charge is 0.204 e. The summed E-state index contributed by atoms with van der Waals surface area (Å²) in [5, 5.41) is 16.8. The fraction of sp³-hybridized carbons (Fsp3) is 0.0909. The van der Waals surface area contributed by atoms with Crippen molar-refractivity contribution in [2.24, 2.45) is 0 Å². The van der Waals surface area contributed by atoms with Crippen LogP contribution in [0, 0.1) is 46.1 Å². The SMILES string of the molecule is N#CCC#Cc1cc(F)c(F)cc1C#N. The van der Waals surface area contributed by atoms with Gasteiger partial charge in [-0.3, -0.25) is 0 Å². The smallest absolute Gasteiger partial charge is 0.160 e. The lowest BCUT2D eigenvalue weighted by molar-refractivity contribution is 0.508. The summed E-state index contributed by atoms with van der Waals surface area (Å²) in [6.45, 7) is 0. The van der Waals surface area contributed by atoms with Crippen LogP contribution in [0.3, 0.4) is 0 Å². The van der Waals surface area contributed by atoms with Crippen molar-refractivity contribution in [3.05, 3.63) is 34.9 Å². The Morgan fingerprint density at radius 2 is 1.67 bits per heavy atom. The molecule has 0 aliphatic heterocycles. The lowest BCUT2D eigenvalue weighted by atomic mass is 10.1. The molecular formula is C11H4F2N2. The van der Waals surface area contributed by atoms with Crippen molar-refractivity contribution in [1.82, 2.24) is 0 Å². The van der Waals surface area contributed by atoms with E-state index in [2.05, 4.69) is 11.8 Å². The second-order valence-corrected chi connectivity index (χ2v) is 2.56. The summed E-state index contributed by atoms with van der Waals surface area (Å²) in [6, 6.07) is 5.10. The molecule has 0 fully saturated rings. The van der Waals surface area contributed by atoms with Crippen molar-refractivity contribution < 1.29 is 8.78 Å². The van der Waals surface area contributed by atoms with Crippen molar-refractivity contribution in [1.29, 1.82) is 10.5 Å². The first-order valence-corrected chi connectivity index (χ1v) is 3.94. The summed E-state index contributed by atoms with van der Waals surface area (Å²) >= 11 is 0. The Bertz CT molecular complexity index is 524. The summed E-state index contributed by atoms with van der Waals surface area (Å²) in [7, 11) is 0. The van der Waals surface area contributed by atoms with E-state index >= 15 is 0 Å². The quantitative estimate of drug-likeness (QED) is 0.605. The van der Waals surface area contributed by atoms with Gasteiger partial charge in [-0.15, -0.1) is 0 Å². The van der Waals surface area contributed by atoms with Gasteiger partial charge in [0.05, 0.1) is 18.1 Å². The van der Waals surface area contributed by atoms with Crippen LogP contribution < -0.4 is 0 Å². The molecule has 0 bridgehead atoms. The van der Waals surface area contributed by atoms with Crippen LogP contribution in [0.1, 0.15) is 17.5 Å². The first-order valence-electron chi connectivity index (χ1n) is 3.94. The minimum Gasteiger partial charge on any atom is -0.204 e. The monoisotopic (exact) mass is 202 g/mol. The normalized spacial score (nSPS) is 8.27. The molecule has 0 unspecified atom stereocenters. The van der Waals surface area contributed by atoms with Crippen molar-refractivity contribution in [2.45, 2.75) is 6.42 Å². The van der Waals surface area contributed by atoms with E-state index in [-0.39, 0.29) is 17.5 Å². The topological polar surface area (TPSA) is 47.6 Å². The Morgan fingerprint density at radius 3 is 2.20 bits per heavy atom. The molecule has 1 aromatic carbocycles. The van der Waals surface area contributed by atoms with Gasteiger partial charge >= 0.3 is 0 Å². The Hall–Kier alpha value is -2.38. The molecule has 0 amide bonds. The van der Waals surface area contributed by atoms with E-state index < -0.39 is 11.6 Å². The maximum absolute atomic E-state index is 12.8. The van der Waals surface area contributed by atoms with Gasteiger partial charge in [-0.05, 0) is 12.1 Å². The molecule has 1 rings (SSSR count). The van der Waals surface area contributed by atoms with Gasteiger partial charge in [0.1, 0.15) is 6.07 Å². The Balaban J connectivity index is 3.21. The fourth-order valence-electron chi connectivity index (χ4n) is 0.922. The third-order valence-corrected chi connectivity index (χ3v) is 1.57. The zero-order chi connectivity index (χ0) is 11.3. The highest BCUT2D eigenvalue weighted by Crippen LogP contribution is 2.13. The zero-order valence-electron chi connectivity index (χ0n) is 7.51. The second-order valence-electron chi connectivity index (χ2n) is 2.56. The molecule has 15 heavy (non-hydrogen) atoms. The number of hydrogen-bond donors (Lipinski definition) is 0. The first-order chi connectivity index (χ1) is 7.19. The van der Waals surface area contributed by atoms with Gasteiger partial charge in [0.15, 0.2) is 11.6 Å². The van der Waals surface area contributed by atoms with Crippen molar-refractivity contribution in [3.8, 4) is 24.0 Å². The van der Waals surface area contributed by atoms with E-state index in [1.54, 1.807) is 12.1 Å². The van der Waals surface area contributed by atoms with Crippen molar-refractivity contribution in [3.63, 3.8) is 0 Å². The van der Waals surface area contributed by atoms with E-state index in [0.29, 0.717) is 0 Å². The molecule has 4 heteroatoms. The predicted molar refractivity (Wildman–Crippen MR) is 48.2 cm³/mol.